The molecule has 1 saturated heterocycles. The SMILES string of the molecule is C.C.C.C.C.C.CC(C)n1cc(-c2ccc3cccnc3c2)cn1.CC(C)n1cc(-c2cccc(N3CCCC3)c2)cn1.CC(C)n1cc(-c2ccccc2)cn1.COCCOc1ccc(-c2cnn(C(C)C)c2)cc1.COCCOc1ccc(-c2cnn(C(C)C)c2)cc1OC.COCCOc1cccc(-c2cnn(C(C)C)c2)c1.COc1ccc(-c2cnn(C(C)C)c2)cc1OC. The lowest BCUT2D eigenvalue weighted by Gasteiger charge is -2.18. The molecule has 25 nitrogen and oxygen atoms in total. The second-order valence-corrected chi connectivity index (χ2v) is 32.7. The van der Waals surface area contributed by atoms with Crippen molar-refractivity contribution in [3.63, 3.8) is 0 Å². The van der Waals surface area contributed by atoms with Gasteiger partial charge in [-0.05, 0) is 222 Å². The maximum Gasteiger partial charge on any atom is 0.161 e. The molecule has 134 heavy (non-hydrogen) atoms. The van der Waals surface area contributed by atoms with Crippen molar-refractivity contribution < 1.29 is 42.6 Å². The zero-order valence-electron chi connectivity index (χ0n) is 78.3. The number of aromatic nitrogens is 15. The number of fused-ring (bicyclic) bond motifs is 1. The molecule has 724 valence electrons. The molecule has 16 rings (SSSR count). The molecule has 8 aromatic heterocycles. The molecule has 1 aliphatic heterocycles. The quantitative estimate of drug-likeness (QED) is 0.0382. The van der Waals surface area contributed by atoms with E-state index in [2.05, 4.69) is 240 Å². The maximum atomic E-state index is 5.63. The molecular weight excluding hydrogens is 1680 g/mol. The van der Waals surface area contributed by atoms with Crippen molar-refractivity contribution >= 4 is 16.6 Å². The van der Waals surface area contributed by atoms with Gasteiger partial charge in [0.1, 0.15) is 31.3 Å². The van der Waals surface area contributed by atoms with Gasteiger partial charge in [-0.1, -0.05) is 142 Å². The number of hydrogen-bond donors (Lipinski definition) is 0. The lowest BCUT2D eigenvalue weighted by atomic mass is 10.1. The summed E-state index contributed by atoms with van der Waals surface area (Å²) < 4.78 is 61.3. The van der Waals surface area contributed by atoms with Gasteiger partial charge in [0.25, 0.3) is 0 Å². The molecule has 0 spiro atoms. The largest absolute Gasteiger partial charge is 0.493 e. The molecule has 15 aromatic rings. The number of pyridine rings is 1. The van der Waals surface area contributed by atoms with E-state index in [0.29, 0.717) is 87.7 Å². The molecule has 9 heterocycles. The van der Waals surface area contributed by atoms with Crippen LogP contribution in [0.15, 0.2) is 263 Å². The monoisotopic (exact) mass is 1830 g/mol. The van der Waals surface area contributed by atoms with E-state index in [1.54, 1.807) is 42.7 Å². The Morgan fingerprint density at radius 1 is 0.261 bits per heavy atom. The molecular formula is C109H154N16O9. The van der Waals surface area contributed by atoms with Gasteiger partial charge >= 0.3 is 0 Å². The Balaban J connectivity index is 0.000000325. The van der Waals surface area contributed by atoms with Crippen molar-refractivity contribution in [3.8, 4) is 112 Å². The first-order chi connectivity index (χ1) is 62.0. The third-order valence-corrected chi connectivity index (χ3v) is 20.8. The summed E-state index contributed by atoms with van der Waals surface area (Å²) >= 11 is 0. The Kier molecular flexibility index (Phi) is 49.0. The lowest BCUT2D eigenvalue weighted by molar-refractivity contribution is 0.144. The first-order valence-corrected chi connectivity index (χ1v) is 44.0. The Morgan fingerprint density at radius 3 is 0.970 bits per heavy atom. The number of anilines is 1. The van der Waals surface area contributed by atoms with Crippen LogP contribution in [-0.4, -0.2) is 169 Å². The maximum absolute atomic E-state index is 5.63. The molecule has 1 fully saturated rings. The summed E-state index contributed by atoms with van der Waals surface area (Å²) in [4.78, 5) is 6.85. The number of ether oxygens (including phenoxy) is 9. The topological polar surface area (TPSA) is 224 Å². The number of rotatable bonds is 30. The Bertz CT molecular complexity index is 5730. The first-order valence-electron chi connectivity index (χ1n) is 44.0. The van der Waals surface area contributed by atoms with E-state index in [-0.39, 0.29) is 44.6 Å². The summed E-state index contributed by atoms with van der Waals surface area (Å²) in [5.74, 6) is 4.60. The zero-order chi connectivity index (χ0) is 91.4. The average Bonchev–Trinajstić information content (AvgIpc) is 1.62. The van der Waals surface area contributed by atoms with Crippen molar-refractivity contribution in [1.82, 2.24) is 73.4 Å². The normalized spacial score (nSPS) is 11.1. The lowest BCUT2D eigenvalue weighted by Crippen LogP contribution is -2.17. The summed E-state index contributed by atoms with van der Waals surface area (Å²) in [6.07, 6.45) is 32.2. The molecule has 0 bridgehead atoms. The molecule has 1 aliphatic rings. The van der Waals surface area contributed by atoms with Gasteiger partial charge in [0.2, 0.25) is 0 Å². The summed E-state index contributed by atoms with van der Waals surface area (Å²) in [5, 5.41) is 31.7. The van der Waals surface area contributed by atoms with Gasteiger partial charge in [-0.15, -0.1) is 0 Å². The van der Waals surface area contributed by atoms with E-state index < -0.39 is 0 Å². The van der Waals surface area contributed by atoms with Crippen molar-refractivity contribution in [2.75, 3.05) is 100 Å². The molecule has 0 amide bonds. The van der Waals surface area contributed by atoms with Crippen LogP contribution in [0.3, 0.4) is 0 Å². The summed E-state index contributed by atoms with van der Waals surface area (Å²) in [7, 11) is 9.89. The fourth-order valence-corrected chi connectivity index (χ4v) is 13.3. The predicted molar refractivity (Wildman–Crippen MR) is 555 cm³/mol. The smallest absolute Gasteiger partial charge is 0.161 e. The van der Waals surface area contributed by atoms with Crippen LogP contribution in [0, 0.1) is 0 Å². The number of benzene rings is 7. The van der Waals surface area contributed by atoms with E-state index in [4.69, 9.17) is 42.6 Å². The van der Waals surface area contributed by atoms with Gasteiger partial charge in [-0.25, -0.2) is 0 Å². The second kappa shape index (κ2) is 58.0. The Hall–Kier alpha value is -13.1. The molecule has 0 N–H and O–H groups in total. The highest BCUT2D eigenvalue weighted by Crippen LogP contribution is 2.36. The van der Waals surface area contributed by atoms with Gasteiger partial charge in [-0.2, -0.15) is 35.7 Å². The van der Waals surface area contributed by atoms with E-state index in [1.165, 1.54) is 53.9 Å². The third kappa shape index (κ3) is 33.6. The van der Waals surface area contributed by atoms with E-state index >= 15 is 0 Å². The molecule has 7 aromatic carbocycles. The Morgan fingerprint density at radius 2 is 0.582 bits per heavy atom. The van der Waals surface area contributed by atoms with Crippen LogP contribution >= 0.6 is 0 Å². The van der Waals surface area contributed by atoms with E-state index in [9.17, 15) is 0 Å². The minimum absolute atomic E-state index is 0. The van der Waals surface area contributed by atoms with Crippen LogP contribution < -0.4 is 33.3 Å². The third-order valence-electron chi connectivity index (χ3n) is 20.8. The molecule has 0 unspecified atom stereocenters. The summed E-state index contributed by atoms with van der Waals surface area (Å²) in [6, 6.07) is 60.0. The minimum atomic E-state index is 0. The minimum Gasteiger partial charge on any atom is -0.493 e. The fraction of sp³-hybridized carbons (Fsp3) is 0.394. The van der Waals surface area contributed by atoms with E-state index in [0.717, 1.165) is 95.3 Å². The standard InChI is InChI=1S/C16H21N3.C16H22N2O3.C15H15N3.2C15H20N2O2.C14H18N2O2.C12H14N2.6CH4/c1-13(2)19-12-15(11-17-19)14-6-5-7-16(10-14)18-8-3-4-9-18;1-12(2)18-11-14(10-17-18)13-5-6-15(16(9-13)20-4)21-8-7-19-3;1-11(2)18-10-14(9-17-18)13-6-5-12-4-3-7-16-15(12)8-13;1-12(2)17-11-14(10-16-17)13-4-6-15(7-5-13)19-9-8-18-3;1-12(2)17-11-14(10-16-17)13-5-4-6-15(9-13)19-8-7-18-3;1-10(2)16-9-12(8-15-16)11-5-6-13(17-3)14(7-11)18-4;1-10(2)14-9-12(8-13-14)11-6-4-3-5-7-11;;;;;;/h5-7,10-13H,3-4,8-9H2,1-2H3;5-6,9-12H,7-8H2,1-4H3;3-11H,1-2H3;4-7,10-12H,8-9H2,1-3H3;4-6,9-12H,7-8H2,1-3H3;5-10H,1-4H3;3-10H,1-2H3;6*1H4. The molecule has 0 saturated carbocycles. The average molecular weight is 1830 g/mol. The highest BCUT2D eigenvalue weighted by atomic mass is 16.5. The van der Waals surface area contributed by atoms with Gasteiger partial charge in [-0.3, -0.25) is 37.8 Å². The molecule has 0 radical (unpaired) electrons. The second-order valence-electron chi connectivity index (χ2n) is 32.7. The fourth-order valence-electron chi connectivity index (χ4n) is 13.3. The van der Waals surface area contributed by atoms with Gasteiger partial charge < -0.3 is 47.5 Å². The van der Waals surface area contributed by atoms with Crippen molar-refractivity contribution in [2.24, 2.45) is 0 Å². The van der Waals surface area contributed by atoms with Crippen molar-refractivity contribution in [2.45, 2.75) is 197 Å². The van der Waals surface area contributed by atoms with Gasteiger partial charge in [0.05, 0.1) is 90.0 Å². The van der Waals surface area contributed by atoms with Crippen LogP contribution in [0.1, 0.15) is 197 Å². The summed E-state index contributed by atoms with van der Waals surface area (Å²) in [6.45, 7) is 35.4. The van der Waals surface area contributed by atoms with Gasteiger partial charge in [0.15, 0.2) is 23.0 Å². The van der Waals surface area contributed by atoms with Crippen LogP contribution in [0.4, 0.5) is 5.69 Å². The molecule has 0 aliphatic carbocycles. The van der Waals surface area contributed by atoms with Gasteiger partial charge in [0, 0.05) is 176 Å². The van der Waals surface area contributed by atoms with Crippen molar-refractivity contribution in [1.29, 1.82) is 0 Å². The van der Waals surface area contributed by atoms with Crippen molar-refractivity contribution in [3.05, 3.63) is 263 Å². The van der Waals surface area contributed by atoms with E-state index in [1.807, 2.05) is 198 Å². The van der Waals surface area contributed by atoms with Crippen LogP contribution in [0.2, 0.25) is 0 Å². The predicted octanol–water partition coefficient (Wildman–Crippen LogP) is 27.0. The summed E-state index contributed by atoms with van der Waals surface area (Å²) in [5.41, 5.74) is 18.3. The molecule has 0 atom stereocenters. The number of hydrogen-bond acceptors (Lipinski definition) is 18. The first kappa shape index (κ1) is 113. The van der Waals surface area contributed by atoms with Crippen LogP contribution in [-0.2, 0) is 14.2 Å². The highest BCUT2D eigenvalue weighted by molar-refractivity contribution is 5.84. The highest BCUT2D eigenvalue weighted by Gasteiger charge is 2.17. The Labute approximate surface area is 800 Å². The van der Waals surface area contributed by atoms with Crippen LogP contribution in [0.5, 0.6) is 34.5 Å². The number of nitrogens with zero attached hydrogens (tertiary/aromatic N) is 16. The molecule has 25 heteroatoms. The van der Waals surface area contributed by atoms with Crippen LogP contribution in [0.25, 0.3) is 88.8 Å². The number of methoxy groups -OCH3 is 6. The zero-order valence-corrected chi connectivity index (χ0v) is 78.3.